The molecule has 2 heterocycles. The number of pyridine rings is 1. The van der Waals surface area contributed by atoms with Crippen molar-refractivity contribution in [2.24, 2.45) is 0 Å². The van der Waals surface area contributed by atoms with Gasteiger partial charge in [0.05, 0.1) is 10.9 Å². The van der Waals surface area contributed by atoms with Crippen LogP contribution in [0, 0.1) is 6.92 Å². The maximum atomic E-state index is 11.6. The number of aliphatic hydroxyl groups is 1. The lowest BCUT2D eigenvalue weighted by Gasteiger charge is -2.13. The van der Waals surface area contributed by atoms with Crippen molar-refractivity contribution in [3.8, 4) is 5.75 Å². The van der Waals surface area contributed by atoms with Crippen LogP contribution in [-0.4, -0.2) is 33.1 Å². The van der Waals surface area contributed by atoms with E-state index in [1.54, 1.807) is 24.4 Å². The van der Waals surface area contributed by atoms with E-state index in [4.69, 9.17) is 4.74 Å². The maximum Gasteiger partial charge on any atom is 0.286 e. The molecule has 1 fully saturated rings. The lowest BCUT2D eigenvalue weighted by molar-refractivity contribution is -0.118. The predicted octanol–water partition coefficient (Wildman–Crippen LogP) is 2.40. The van der Waals surface area contributed by atoms with E-state index < -0.39 is 6.10 Å². The number of nitrogens with zero attached hydrogens (tertiary/aromatic N) is 1. The van der Waals surface area contributed by atoms with E-state index >= 15 is 0 Å². The Hall–Kier alpha value is -2.38. The monoisotopic (exact) mass is 358 g/mol. The van der Waals surface area contributed by atoms with Crippen LogP contribution in [0.25, 0.3) is 0 Å². The number of carbonyl (C=O) groups excluding carboxylic acids is 2. The Labute approximate surface area is 149 Å². The smallest absolute Gasteiger partial charge is 0.286 e. The van der Waals surface area contributed by atoms with E-state index in [9.17, 15) is 14.7 Å². The zero-order valence-corrected chi connectivity index (χ0v) is 14.5. The van der Waals surface area contributed by atoms with Gasteiger partial charge in [-0.3, -0.25) is 19.9 Å². The molecule has 0 spiro atoms. The van der Waals surface area contributed by atoms with E-state index in [0.717, 1.165) is 22.9 Å². The maximum absolute atomic E-state index is 11.6. The van der Waals surface area contributed by atoms with Crippen LogP contribution < -0.4 is 10.1 Å². The molecule has 130 valence electrons. The molecule has 1 aliphatic rings. The van der Waals surface area contributed by atoms with Gasteiger partial charge in [0.2, 0.25) is 5.91 Å². The van der Waals surface area contributed by atoms with Gasteiger partial charge < -0.3 is 9.84 Å². The number of thioether (sulfide) groups is 1. The summed E-state index contributed by atoms with van der Waals surface area (Å²) in [7, 11) is 0. The summed E-state index contributed by atoms with van der Waals surface area (Å²) in [4.78, 5) is 26.9. The van der Waals surface area contributed by atoms with Crippen LogP contribution in [0.4, 0.5) is 4.79 Å². The Morgan fingerprint density at radius 2 is 2.00 bits per heavy atom. The van der Waals surface area contributed by atoms with Crippen LogP contribution >= 0.6 is 11.8 Å². The van der Waals surface area contributed by atoms with Crippen molar-refractivity contribution in [2.75, 3.05) is 6.61 Å². The number of benzene rings is 1. The van der Waals surface area contributed by atoms with Gasteiger partial charge in [-0.2, -0.15) is 0 Å². The van der Waals surface area contributed by atoms with Crippen LogP contribution in [0.3, 0.4) is 0 Å². The van der Waals surface area contributed by atoms with E-state index in [1.807, 2.05) is 25.1 Å². The number of carbonyl (C=O) groups is 2. The molecule has 6 nitrogen and oxygen atoms in total. The largest absolute Gasteiger partial charge is 0.490 e. The molecule has 1 saturated heterocycles. The summed E-state index contributed by atoms with van der Waals surface area (Å²) in [5.74, 6) is 0.374. The number of hydrogen-bond donors (Lipinski definition) is 2. The summed E-state index contributed by atoms with van der Waals surface area (Å²) in [5, 5.41) is 11.7. The molecule has 2 amide bonds. The van der Waals surface area contributed by atoms with Crippen molar-refractivity contribution in [1.29, 1.82) is 0 Å². The summed E-state index contributed by atoms with van der Waals surface area (Å²) in [6, 6.07) is 10.9. The molecule has 0 saturated carbocycles. The molecular weight excluding hydrogens is 340 g/mol. The fourth-order valence-corrected chi connectivity index (χ4v) is 3.26. The third-order valence-corrected chi connectivity index (χ3v) is 4.78. The second-order valence-corrected chi connectivity index (χ2v) is 6.99. The van der Waals surface area contributed by atoms with Crippen LogP contribution in [0.15, 0.2) is 42.6 Å². The fraction of sp³-hybridized carbons (Fsp3) is 0.278. The standard InChI is InChI=1S/C18H18N2O4S/c1-11-2-7-14(19-9-11)15(21)10-24-13-5-3-12(4-6-13)8-16-17(22)20-18(23)25-16/h2-7,9,15-16,21H,8,10H2,1H3,(H,20,22,23). The highest BCUT2D eigenvalue weighted by atomic mass is 32.2. The van der Waals surface area contributed by atoms with Crippen molar-refractivity contribution in [1.82, 2.24) is 10.3 Å². The van der Waals surface area contributed by atoms with Crippen LogP contribution in [0.1, 0.15) is 22.9 Å². The Balaban J connectivity index is 1.53. The first-order chi connectivity index (χ1) is 12.0. The number of hydrogen-bond acceptors (Lipinski definition) is 6. The summed E-state index contributed by atoms with van der Waals surface area (Å²) in [5.41, 5.74) is 2.54. The average Bonchev–Trinajstić information content (AvgIpc) is 2.92. The molecule has 2 aromatic rings. The molecule has 7 heteroatoms. The van der Waals surface area contributed by atoms with E-state index in [0.29, 0.717) is 17.9 Å². The fourth-order valence-electron chi connectivity index (χ4n) is 2.40. The van der Waals surface area contributed by atoms with E-state index in [2.05, 4.69) is 10.3 Å². The molecular formula is C18H18N2O4S. The lowest BCUT2D eigenvalue weighted by Crippen LogP contribution is -2.25. The van der Waals surface area contributed by atoms with E-state index in [1.165, 1.54) is 0 Å². The minimum Gasteiger partial charge on any atom is -0.490 e. The molecule has 2 atom stereocenters. The molecule has 1 aromatic heterocycles. The number of imide groups is 1. The highest BCUT2D eigenvalue weighted by molar-refractivity contribution is 8.15. The molecule has 1 aromatic carbocycles. The second kappa shape index (κ2) is 7.67. The quantitative estimate of drug-likeness (QED) is 0.824. The number of nitrogens with one attached hydrogen (secondary N) is 1. The number of ether oxygens (including phenoxy) is 1. The number of amides is 2. The molecule has 0 aliphatic carbocycles. The molecule has 3 rings (SSSR count). The highest BCUT2D eigenvalue weighted by Crippen LogP contribution is 2.24. The number of aliphatic hydroxyl groups excluding tert-OH is 1. The normalized spacial score (nSPS) is 18.1. The van der Waals surface area contributed by atoms with Crippen molar-refractivity contribution < 1.29 is 19.4 Å². The van der Waals surface area contributed by atoms with Crippen molar-refractivity contribution in [3.63, 3.8) is 0 Å². The summed E-state index contributed by atoms with van der Waals surface area (Å²) < 4.78 is 5.59. The van der Waals surface area contributed by atoms with Gasteiger partial charge >= 0.3 is 0 Å². The number of aryl methyl sites for hydroxylation is 1. The van der Waals surface area contributed by atoms with Gasteiger partial charge in [-0.25, -0.2) is 0 Å². The Bertz CT molecular complexity index is 762. The lowest BCUT2D eigenvalue weighted by atomic mass is 10.1. The number of aromatic nitrogens is 1. The van der Waals surface area contributed by atoms with Gasteiger partial charge in [0.25, 0.3) is 5.24 Å². The second-order valence-electron chi connectivity index (χ2n) is 5.82. The van der Waals surface area contributed by atoms with Crippen LogP contribution in [-0.2, 0) is 11.2 Å². The highest BCUT2D eigenvalue weighted by Gasteiger charge is 2.31. The predicted molar refractivity (Wildman–Crippen MR) is 94.5 cm³/mol. The third kappa shape index (κ3) is 4.58. The summed E-state index contributed by atoms with van der Waals surface area (Å²) in [6.45, 7) is 2.04. The van der Waals surface area contributed by atoms with Crippen molar-refractivity contribution in [2.45, 2.75) is 24.7 Å². The topological polar surface area (TPSA) is 88.5 Å². The van der Waals surface area contributed by atoms with Gasteiger partial charge in [0.15, 0.2) is 0 Å². The first kappa shape index (κ1) is 17.4. The molecule has 0 radical (unpaired) electrons. The Morgan fingerprint density at radius 3 is 2.60 bits per heavy atom. The summed E-state index contributed by atoms with van der Waals surface area (Å²) in [6.07, 6.45) is 1.39. The molecule has 2 N–H and O–H groups in total. The number of rotatable bonds is 6. The average molecular weight is 358 g/mol. The first-order valence-electron chi connectivity index (χ1n) is 7.85. The van der Waals surface area contributed by atoms with Crippen LogP contribution in [0.2, 0.25) is 0 Å². The Kier molecular flexibility index (Phi) is 5.35. The minimum atomic E-state index is -0.801. The SMILES string of the molecule is Cc1ccc(C(O)COc2ccc(CC3SC(=O)NC3=O)cc2)nc1. The molecule has 0 bridgehead atoms. The van der Waals surface area contributed by atoms with Crippen LogP contribution in [0.5, 0.6) is 5.75 Å². The molecule has 2 unspecified atom stereocenters. The molecule has 25 heavy (non-hydrogen) atoms. The Morgan fingerprint density at radius 1 is 1.24 bits per heavy atom. The van der Waals surface area contributed by atoms with Crippen molar-refractivity contribution >= 4 is 22.9 Å². The zero-order valence-electron chi connectivity index (χ0n) is 13.6. The first-order valence-corrected chi connectivity index (χ1v) is 8.73. The van der Waals surface area contributed by atoms with Crippen molar-refractivity contribution in [3.05, 3.63) is 59.4 Å². The minimum absolute atomic E-state index is 0.102. The van der Waals surface area contributed by atoms with Gasteiger partial charge in [0.1, 0.15) is 18.5 Å². The van der Waals surface area contributed by atoms with Gasteiger partial charge in [-0.1, -0.05) is 30.0 Å². The van der Waals surface area contributed by atoms with E-state index in [-0.39, 0.29) is 23.0 Å². The summed E-state index contributed by atoms with van der Waals surface area (Å²) >= 11 is 1.01. The zero-order chi connectivity index (χ0) is 17.8. The third-order valence-electron chi connectivity index (χ3n) is 3.79. The van der Waals surface area contributed by atoms with Gasteiger partial charge in [-0.15, -0.1) is 0 Å². The van der Waals surface area contributed by atoms with Gasteiger partial charge in [-0.05, 0) is 42.7 Å². The van der Waals surface area contributed by atoms with Gasteiger partial charge in [0, 0.05) is 6.20 Å². The molecule has 1 aliphatic heterocycles.